The number of benzene rings is 3. The van der Waals surface area contributed by atoms with Crippen molar-refractivity contribution in [2.45, 2.75) is 11.5 Å². The first-order chi connectivity index (χ1) is 15.0. The van der Waals surface area contributed by atoms with E-state index in [0.717, 1.165) is 16.0 Å². The van der Waals surface area contributed by atoms with Crippen molar-refractivity contribution in [3.8, 4) is 5.75 Å². The number of halogens is 1. The van der Waals surface area contributed by atoms with Crippen LogP contribution in [-0.2, 0) is 11.4 Å². The fourth-order valence-electron chi connectivity index (χ4n) is 2.50. The molecule has 0 fully saturated rings. The van der Waals surface area contributed by atoms with Gasteiger partial charge in [0, 0.05) is 9.92 Å². The lowest BCUT2D eigenvalue weighted by molar-refractivity contribution is -0.118. The second kappa shape index (κ2) is 11.2. The molecule has 0 saturated carbocycles. The number of rotatable bonds is 9. The first-order valence-corrected chi connectivity index (χ1v) is 10.6. The van der Waals surface area contributed by atoms with Crippen LogP contribution in [0.4, 0.5) is 0 Å². The van der Waals surface area contributed by atoms with E-state index in [0.29, 0.717) is 10.8 Å². The third kappa shape index (κ3) is 7.47. The second-order valence-corrected chi connectivity index (χ2v) is 7.88. The zero-order valence-electron chi connectivity index (χ0n) is 16.3. The van der Waals surface area contributed by atoms with E-state index in [4.69, 9.17) is 21.4 Å². The van der Waals surface area contributed by atoms with Gasteiger partial charge in [0.05, 0.1) is 17.5 Å². The zero-order chi connectivity index (χ0) is 22.1. The molecule has 31 heavy (non-hydrogen) atoms. The Morgan fingerprint density at radius 3 is 2.52 bits per heavy atom. The summed E-state index contributed by atoms with van der Waals surface area (Å²) in [5.41, 5.74) is 4.28. The van der Waals surface area contributed by atoms with Gasteiger partial charge in [-0.25, -0.2) is 10.2 Å². The van der Waals surface area contributed by atoms with Gasteiger partial charge < -0.3 is 9.84 Å². The number of nitrogens with zero attached hydrogens (tertiary/aromatic N) is 1. The molecule has 0 radical (unpaired) electrons. The maximum Gasteiger partial charge on any atom is 0.335 e. The van der Waals surface area contributed by atoms with Gasteiger partial charge in [0.15, 0.2) is 0 Å². The summed E-state index contributed by atoms with van der Waals surface area (Å²) in [5, 5.41) is 13.7. The number of ether oxygens (including phenoxy) is 1. The molecule has 0 aromatic heterocycles. The topological polar surface area (TPSA) is 88.0 Å². The number of nitrogens with one attached hydrogen (secondary N) is 1. The monoisotopic (exact) mass is 454 g/mol. The predicted molar refractivity (Wildman–Crippen MR) is 122 cm³/mol. The highest BCUT2D eigenvalue weighted by molar-refractivity contribution is 8.00. The Bertz CT molecular complexity index is 1070. The minimum atomic E-state index is -0.971. The summed E-state index contributed by atoms with van der Waals surface area (Å²) in [6, 6.07) is 21.0. The number of aromatic carboxylic acids is 1. The molecule has 0 aliphatic rings. The fourth-order valence-corrected chi connectivity index (χ4v) is 3.32. The summed E-state index contributed by atoms with van der Waals surface area (Å²) in [6.07, 6.45) is 1.55. The minimum absolute atomic E-state index is 0.209. The van der Waals surface area contributed by atoms with E-state index in [2.05, 4.69) is 10.5 Å². The third-order valence-corrected chi connectivity index (χ3v) is 5.31. The Morgan fingerprint density at radius 2 is 1.81 bits per heavy atom. The van der Waals surface area contributed by atoms with Crippen LogP contribution in [0.2, 0.25) is 5.02 Å². The van der Waals surface area contributed by atoms with Gasteiger partial charge >= 0.3 is 5.97 Å². The summed E-state index contributed by atoms with van der Waals surface area (Å²) < 4.78 is 5.69. The molecule has 0 unspecified atom stereocenters. The maximum absolute atomic E-state index is 11.9. The zero-order valence-corrected chi connectivity index (χ0v) is 17.9. The Kier molecular flexibility index (Phi) is 8.09. The van der Waals surface area contributed by atoms with Gasteiger partial charge in [0.2, 0.25) is 5.91 Å². The van der Waals surface area contributed by atoms with Crippen LogP contribution in [0.1, 0.15) is 21.5 Å². The van der Waals surface area contributed by atoms with E-state index < -0.39 is 5.97 Å². The molecule has 6 nitrogen and oxygen atoms in total. The lowest BCUT2D eigenvalue weighted by Gasteiger charge is -2.07. The molecule has 0 bridgehead atoms. The molecule has 2 N–H and O–H groups in total. The number of hydrogen-bond donors (Lipinski definition) is 2. The average molecular weight is 455 g/mol. The van der Waals surface area contributed by atoms with Crippen molar-refractivity contribution in [3.05, 3.63) is 94.5 Å². The first kappa shape index (κ1) is 22.4. The van der Waals surface area contributed by atoms with Crippen LogP contribution in [0.5, 0.6) is 5.75 Å². The van der Waals surface area contributed by atoms with Crippen LogP contribution in [0, 0.1) is 0 Å². The molecular formula is C23H19ClN2O4S. The van der Waals surface area contributed by atoms with Crippen molar-refractivity contribution in [2.75, 3.05) is 5.75 Å². The van der Waals surface area contributed by atoms with Crippen LogP contribution >= 0.6 is 23.4 Å². The van der Waals surface area contributed by atoms with E-state index in [1.807, 2.05) is 12.1 Å². The van der Waals surface area contributed by atoms with Crippen molar-refractivity contribution in [1.29, 1.82) is 0 Å². The number of hydrazone groups is 1. The molecule has 0 aliphatic carbocycles. The predicted octanol–water partition coefficient (Wildman–Crippen LogP) is 4.86. The van der Waals surface area contributed by atoms with Crippen molar-refractivity contribution in [3.63, 3.8) is 0 Å². The number of hydrogen-bond acceptors (Lipinski definition) is 5. The lowest BCUT2D eigenvalue weighted by atomic mass is 10.1. The van der Waals surface area contributed by atoms with Gasteiger partial charge in [-0.2, -0.15) is 5.10 Å². The van der Waals surface area contributed by atoms with Crippen molar-refractivity contribution in [1.82, 2.24) is 5.43 Å². The normalized spacial score (nSPS) is 10.7. The van der Waals surface area contributed by atoms with E-state index in [1.165, 1.54) is 17.8 Å². The van der Waals surface area contributed by atoms with Gasteiger partial charge in [0.25, 0.3) is 0 Å². The summed E-state index contributed by atoms with van der Waals surface area (Å²) >= 11 is 7.24. The summed E-state index contributed by atoms with van der Waals surface area (Å²) in [4.78, 5) is 23.9. The van der Waals surface area contributed by atoms with E-state index in [1.54, 1.807) is 60.8 Å². The van der Waals surface area contributed by atoms with Gasteiger partial charge in [-0.1, -0.05) is 23.7 Å². The summed E-state index contributed by atoms with van der Waals surface area (Å²) in [6.45, 7) is 0.260. The molecule has 0 saturated heterocycles. The largest absolute Gasteiger partial charge is 0.489 e. The highest BCUT2D eigenvalue weighted by atomic mass is 35.5. The van der Waals surface area contributed by atoms with Crippen LogP contribution < -0.4 is 10.2 Å². The molecule has 0 spiro atoms. The molecule has 1 amide bonds. The minimum Gasteiger partial charge on any atom is -0.489 e. The smallest absolute Gasteiger partial charge is 0.335 e. The number of thioether (sulfide) groups is 1. The summed E-state index contributed by atoms with van der Waals surface area (Å²) in [7, 11) is 0. The molecule has 3 aromatic rings. The molecule has 0 aliphatic heterocycles. The number of amides is 1. The second-order valence-electron chi connectivity index (χ2n) is 6.40. The Morgan fingerprint density at radius 1 is 1.06 bits per heavy atom. The third-order valence-electron chi connectivity index (χ3n) is 4.05. The molecule has 8 heteroatoms. The molecular weight excluding hydrogens is 436 g/mol. The number of carbonyl (C=O) groups is 2. The van der Waals surface area contributed by atoms with E-state index >= 15 is 0 Å². The average Bonchev–Trinajstić information content (AvgIpc) is 2.78. The van der Waals surface area contributed by atoms with Crippen molar-refractivity contribution in [2.24, 2.45) is 5.10 Å². The lowest BCUT2D eigenvalue weighted by Crippen LogP contribution is -2.19. The van der Waals surface area contributed by atoms with Crippen LogP contribution in [0.15, 0.2) is 82.8 Å². The van der Waals surface area contributed by atoms with Crippen molar-refractivity contribution >= 4 is 41.5 Å². The molecule has 0 atom stereocenters. The van der Waals surface area contributed by atoms with Crippen LogP contribution in [-0.4, -0.2) is 29.0 Å². The molecule has 0 heterocycles. The Hall–Kier alpha value is -3.29. The molecule has 3 aromatic carbocycles. The van der Waals surface area contributed by atoms with Crippen molar-refractivity contribution < 1.29 is 19.4 Å². The SMILES string of the molecule is O=C(CSc1ccc(Cl)cc1)N/N=C\c1ccc(OCc2cccc(C(=O)O)c2)cc1. The highest BCUT2D eigenvalue weighted by Crippen LogP contribution is 2.20. The quantitative estimate of drug-likeness (QED) is 0.274. The Labute approximate surface area is 188 Å². The standard InChI is InChI=1S/C23H19ClN2O4S/c24-19-6-10-21(11-7-19)31-15-22(27)26-25-13-16-4-8-20(9-5-16)30-14-17-2-1-3-18(12-17)23(28)29/h1-13H,14-15H2,(H,26,27)(H,28,29)/b25-13-. The Balaban J connectivity index is 1.43. The van der Waals surface area contributed by atoms with Gasteiger partial charge in [-0.15, -0.1) is 11.8 Å². The van der Waals surface area contributed by atoms with Gasteiger partial charge in [0.1, 0.15) is 12.4 Å². The van der Waals surface area contributed by atoms with Crippen LogP contribution in [0.3, 0.4) is 0 Å². The van der Waals surface area contributed by atoms with E-state index in [9.17, 15) is 9.59 Å². The highest BCUT2D eigenvalue weighted by Gasteiger charge is 2.04. The van der Waals surface area contributed by atoms with Crippen LogP contribution in [0.25, 0.3) is 0 Å². The maximum atomic E-state index is 11.9. The van der Waals surface area contributed by atoms with E-state index in [-0.39, 0.29) is 23.8 Å². The first-order valence-electron chi connectivity index (χ1n) is 9.25. The number of carbonyl (C=O) groups excluding carboxylic acids is 1. The summed E-state index contributed by atoms with van der Waals surface area (Å²) in [5.74, 6) is -0.295. The number of carboxylic acids is 1. The number of carboxylic acid groups (broad SMARTS) is 1. The molecule has 3 rings (SSSR count). The fraction of sp³-hybridized carbons (Fsp3) is 0.0870. The molecule has 158 valence electrons. The van der Waals surface area contributed by atoms with Gasteiger partial charge in [-0.05, 0) is 71.8 Å². The van der Waals surface area contributed by atoms with Gasteiger partial charge in [-0.3, -0.25) is 4.79 Å².